The number of benzene rings is 2. The molecule has 0 radical (unpaired) electrons. The molecule has 0 bridgehead atoms. The van der Waals surface area contributed by atoms with Gasteiger partial charge < -0.3 is 24.9 Å². The number of anilines is 1. The first-order valence-electron chi connectivity index (χ1n) is 15.9. The third kappa shape index (κ3) is 6.79. The van der Waals surface area contributed by atoms with Crippen molar-refractivity contribution >= 4 is 45.2 Å². The van der Waals surface area contributed by atoms with Gasteiger partial charge in [0.15, 0.2) is 10.7 Å². The number of piperazine rings is 1. The van der Waals surface area contributed by atoms with Crippen molar-refractivity contribution < 1.29 is 18.8 Å². The van der Waals surface area contributed by atoms with Crippen LogP contribution in [0.15, 0.2) is 58.3 Å². The second-order valence-corrected chi connectivity index (χ2v) is 13.0. The molecule has 1 aliphatic heterocycles. The maximum absolute atomic E-state index is 13.9. The molecule has 4 aromatic rings. The molecule has 45 heavy (non-hydrogen) atoms. The molecule has 236 valence electrons. The van der Waals surface area contributed by atoms with Gasteiger partial charge in [0.1, 0.15) is 11.1 Å². The van der Waals surface area contributed by atoms with E-state index in [9.17, 15) is 14.4 Å². The van der Waals surface area contributed by atoms with Crippen LogP contribution in [0.1, 0.15) is 72.9 Å². The summed E-state index contributed by atoms with van der Waals surface area (Å²) in [5.74, 6) is -1.04. The Kier molecular flexibility index (Phi) is 9.27. The van der Waals surface area contributed by atoms with Crippen molar-refractivity contribution in [3.05, 3.63) is 65.4 Å². The van der Waals surface area contributed by atoms with E-state index < -0.39 is 11.6 Å². The van der Waals surface area contributed by atoms with E-state index in [1.807, 2.05) is 31.2 Å². The number of carbonyl (C=O) groups is 3. The number of para-hydroxylation sites is 2. The summed E-state index contributed by atoms with van der Waals surface area (Å²) < 4.78 is 5.72. The topological polar surface area (TPSA) is 121 Å². The second kappa shape index (κ2) is 13.5. The number of fused-ring (bicyclic) bond motifs is 1. The average molecular weight is 629 g/mol. The molecule has 0 spiro atoms. The molecule has 2 aliphatic rings. The Balaban J connectivity index is 1.15. The number of hydrogen-bond donors (Lipinski definition) is 2. The van der Waals surface area contributed by atoms with E-state index in [0.29, 0.717) is 42.3 Å². The van der Waals surface area contributed by atoms with Crippen LogP contribution in [0, 0.1) is 0 Å². The standard InChI is InChI=1S/C34H40N6O4S/c1-3-9-26(29(41)31-35-25-10-5-6-11-28(25)44-31)36-32(43)34(16-7-4-8-17-34)38-30(42)24-14-12-23(13-15-24)27-22-45-33(37-27)40-20-18-39(2)19-21-40/h5-6,10-15,22,26H,3-4,7-9,16-21H2,1-2H3,(H,36,43)(H,38,42)/t26-/m0/s1. The maximum Gasteiger partial charge on any atom is 0.266 e. The number of thiazole rings is 1. The summed E-state index contributed by atoms with van der Waals surface area (Å²) in [4.78, 5) is 54.8. The fourth-order valence-electron chi connectivity index (χ4n) is 6.17. The first kappa shape index (κ1) is 30.9. The van der Waals surface area contributed by atoms with Crippen LogP contribution in [-0.2, 0) is 4.79 Å². The summed E-state index contributed by atoms with van der Waals surface area (Å²) in [6.07, 6.45) is 4.73. The third-order valence-electron chi connectivity index (χ3n) is 8.91. The predicted octanol–water partition coefficient (Wildman–Crippen LogP) is 5.30. The van der Waals surface area contributed by atoms with E-state index in [1.165, 1.54) is 0 Å². The molecule has 2 amide bonds. The zero-order valence-electron chi connectivity index (χ0n) is 25.9. The van der Waals surface area contributed by atoms with E-state index in [-0.39, 0.29) is 23.5 Å². The van der Waals surface area contributed by atoms with Crippen LogP contribution in [0.3, 0.4) is 0 Å². The van der Waals surface area contributed by atoms with E-state index >= 15 is 0 Å². The molecule has 3 heterocycles. The van der Waals surface area contributed by atoms with Gasteiger partial charge in [-0.25, -0.2) is 9.97 Å². The molecular weight excluding hydrogens is 588 g/mol. The number of Topliss-reactive ketones (excluding diaryl/α,β-unsaturated/α-hetero) is 1. The van der Waals surface area contributed by atoms with Gasteiger partial charge in [-0.3, -0.25) is 14.4 Å². The Morgan fingerprint density at radius 1 is 0.978 bits per heavy atom. The highest BCUT2D eigenvalue weighted by atomic mass is 32.1. The SMILES string of the molecule is CCC[C@H](NC(=O)C1(NC(=O)c2ccc(-c3csc(N4CCN(C)CC4)n3)cc2)CCCCC1)C(=O)c1nc2ccccc2o1. The molecule has 6 rings (SSSR count). The molecule has 1 saturated heterocycles. The highest BCUT2D eigenvalue weighted by Crippen LogP contribution is 2.31. The van der Waals surface area contributed by atoms with Gasteiger partial charge in [0.25, 0.3) is 11.8 Å². The Bertz CT molecular complexity index is 1620. The van der Waals surface area contributed by atoms with Crippen molar-refractivity contribution in [1.29, 1.82) is 0 Å². The quantitative estimate of drug-likeness (QED) is 0.227. The van der Waals surface area contributed by atoms with Gasteiger partial charge in [-0.2, -0.15) is 0 Å². The molecule has 2 aromatic carbocycles. The summed E-state index contributed by atoms with van der Waals surface area (Å²) in [6.45, 7) is 5.92. The van der Waals surface area contributed by atoms with Gasteiger partial charge in [-0.1, -0.05) is 56.9 Å². The minimum Gasteiger partial charge on any atom is -0.434 e. The lowest BCUT2D eigenvalue weighted by Crippen LogP contribution is -2.62. The number of nitrogens with zero attached hydrogens (tertiary/aromatic N) is 4. The Morgan fingerprint density at radius 2 is 1.71 bits per heavy atom. The summed E-state index contributed by atoms with van der Waals surface area (Å²) in [6, 6.07) is 13.8. The third-order valence-corrected chi connectivity index (χ3v) is 9.81. The van der Waals surface area contributed by atoms with Crippen molar-refractivity contribution in [3.8, 4) is 11.3 Å². The maximum atomic E-state index is 13.9. The Labute approximate surface area is 267 Å². The number of carbonyl (C=O) groups excluding carboxylic acids is 3. The summed E-state index contributed by atoms with van der Waals surface area (Å²) in [5, 5.41) is 9.12. The molecule has 0 unspecified atom stereocenters. The number of nitrogens with one attached hydrogen (secondary N) is 2. The van der Waals surface area contributed by atoms with Crippen molar-refractivity contribution in [3.63, 3.8) is 0 Å². The van der Waals surface area contributed by atoms with Crippen LogP contribution in [-0.4, -0.2) is 77.3 Å². The smallest absolute Gasteiger partial charge is 0.266 e. The van der Waals surface area contributed by atoms with E-state index in [0.717, 1.165) is 61.8 Å². The van der Waals surface area contributed by atoms with Gasteiger partial charge in [0.2, 0.25) is 11.7 Å². The van der Waals surface area contributed by atoms with Gasteiger partial charge in [0, 0.05) is 42.7 Å². The second-order valence-electron chi connectivity index (χ2n) is 12.1. The molecular formula is C34H40N6O4S. The Hall–Kier alpha value is -4.09. The number of oxazole rings is 1. The molecule has 1 saturated carbocycles. The molecule has 2 aromatic heterocycles. The van der Waals surface area contributed by atoms with E-state index in [2.05, 4.69) is 37.8 Å². The molecule has 2 fully saturated rings. The lowest BCUT2D eigenvalue weighted by Gasteiger charge is -2.37. The number of amides is 2. The van der Waals surface area contributed by atoms with Crippen LogP contribution in [0.5, 0.6) is 0 Å². The number of aromatic nitrogens is 2. The summed E-state index contributed by atoms with van der Waals surface area (Å²) >= 11 is 1.64. The van der Waals surface area contributed by atoms with Crippen LogP contribution >= 0.6 is 11.3 Å². The predicted molar refractivity (Wildman–Crippen MR) is 176 cm³/mol. The van der Waals surface area contributed by atoms with E-state index in [4.69, 9.17) is 9.40 Å². The summed E-state index contributed by atoms with van der Waals surface area (Å²) in [7, 11) is 2.14. The fourth-order valence-corrected chi connectivity index (χ4v) is 7.05. The average Bonchev–Trinajstić information content (AvgIpc) is 3.73. The molecule has 2 N–H and O–H groups in total. The first-order chi connectivity index (χ1) is 21.8. The highest BCUT2D eigenvalue weighted by Gasteiger charge is 2.42. The highest BCUT2D eigenvalue weighted by molar-refractivity contribution is 7.14. The lowest BCUT2D eigenvalue weighted by atomic mass is 9.80. The number of likely N-dealkylation sites (N-methyl/N-ethyl adjacent to an activating group) is 1. The van der Waals surface area contributed by atoms with Crippen molar-refractivity contribution in [2.45, 2.75) is 63.5 Å². The lowest BCUT2D eigenvalue weighted by molar-refractivity contribution is -0.129. The zero-order chi connectivity index (χ0) is 31.4. The zero-order valence-corrected chi connectivity index (χ0v) is 26.7. The summed E-state index contributed by atoms with van der Waals surface area (Å²) in [5.41, 5.74) is 2.31. The van der Waals surface area contributed by atoms with Crippen LogP contribution in [0.2, 0.25) is 0 Å². The monoisotopic (exact) mass is 628 g/mol. The van der Waals surface area contributed by atoms with Gasteiger partial charge in [0.05, 0.1) is 11.7 Å². The number of ketones is 1. The molecule has 11 heteroatoms. The number of rotatable bonds is 10. The van der Waals surface area contributed by atoms with Crippen LogP contribution < -0.4 is 15.5 Å². The minimum absolute atomic E-state index is 0.0208. The molecule has 1 atom stereocenters. The van der Waals surface area contributed by atoms with Crippen molar-refractivity contribution in [2.75, 3.05) is 38.1 Å². The molecule has 1 aliphatic carbocycles. The van der Waals surface area contributed by atoms with E-state index in [1.54, 1.807) is 35.6 Å². The van der Waals surface area contributed by atoms with Crippen LogP contribution in [0.25, 0.3) is 22.4 Å². The molecule has 10 nitrogen and oxygen atoms in total. The van der Waals surface area contributed by atoms with Gasteiger partial charge in [-0.05, 0) is 50.6 Å². The van der Waals surface area contributed by atoms with Crippen molar-refractivity contribution in [1.82, 2.24) is 25.5 Å². The number of hydrogen-bond acceptors (Lipinski definition) is 9. The van der Waals surface area contributed by atoms with Gasteiger partial charge in [-0.15, -0.1) is 11.3 Å². The first-order valence-corrected chi connectivity index (χ1v) is 16.8. The fraction of sp³-hybridized carbons (Fsp3) is 0.441. The van der Waals surface area contributed by atoms with Crippen LogP contribution in [0.4, 0.5) is 5.13 Å². The van der Waals surface area contributed by atoms with Crippen molar-refractivity contribution in [2.24, 2.45) is 0 Å². The Morgan fingerprint density at radius 3 is 2.42 bits per heavy atom. The normalized spacial score (nSPS) is 17.6. The minimum atomic E-state index is -1.10. The largest absolute Gasteiger partial charge is 0.434 e. The van der Waals surface area contributed by atoms with Gasteiger partial charge >= 0.3 is 0 Å².